The molecule has 106 valence electrons. The number of anilines is 1. The van der Waals surface area contributed by atoms with Crippen molar-refractivity contribution in [1.29, 1.82) is 0 Å². The Hall–Kier alpha value is -1.72. The second-order valence-electron chi connectivity index (χ2n) is 4.51. The summed E-state index contributed by atoms with van der Waals surface area (Å²) < 4.78 is 9.90. The lowest BCUT2D eigenvalue weighted by Crippen LogP contribution is -2.42. The summed E-state index contributed by atoms with van der Waals surface area (Å²) in [6, 6.07) is 4.80. The third-order valence-electron chi connectivity index (χ3n) is 2.42. The molecule has 0 aromatic heterocycles. The minimum absolute atomic E-state index is 0.226. The van der Waals surface area contributed by atoms with Crippen LogP contribution in [-0.2, 0) is 19.1 Å². The van der Waals surface area contributed by atoms with Crippen LogP contribution < -0.4 is 5.32 Å². The summed E-state index contributed by atoms with van der Waals surface area (Å²) in [6.07, 6.45) is 1.21. The SMILES string of the molecule is CC1(C)OC(=O)C(=CNc2ccc(Cl)c(Cl)c2)C(=O)O1. The van der Waals surface area contributed by atoms with Crippen LogP contribution in [0.3, 0.4) is 0 Å². The van der Waals surface area contributed by atoms with Gasteiger partial charge in [-0.15, -0.1) is 0 Å². The quantitative estimate of drug-likeness (QED) is 0.516. The average molecular weight is 316 g/mol. The summed E-state index contributed by atoms with van der Waals surface area (Å²) in [4.78, 5) is 23.4. The van der Waals surface area contributed by atoms with Crippen molar-refractivity contribution >= 4 is 40.8 Å². The van der Waals surface area contributed by atoms with Gasteiger partial charge < -0.3 is 14.8 Å². The van der Waals surface area contributed by atoms with Gasteiger partial charge >= 0.3 is 11.9 Å². The van der Waals surface area contributed by atoms with Gasteiger partial charge in [-0.1, -0.05) is 23.2 Å². The Labute approximate surface area is 125 Å². The first kappa shape index (κ1) is 14.7. The molecule has 0 amide bonds. The topological polar surface area (TPSA) is 64.6 Å². The van der Waals surface area contributed by atoms with Crippen LogP contribution in [-0.4, -0.2) is 17.7 Å². The van der Waals surface area contributed by atoms with Gasteiger partial charge in [-0.3, -0.25) is 0 Å². The molecule has 20 heavy (non-hydrogen) atoms. The van der Waals surface area contributed by atoms with Gasteiger partial charge in [0.1, 0.15) is 0 Å². The Morgan fingerprint density at radius 3 is 2.25 bits per heavy atom. The van der Waals surface area contributed by atoms with Crippen molar-refractivity contribution in [1.82, 2.24) is 0 Å². The third kappa shape index (κ3) is 3.23. The Bertz CT molecular complexity index is 588. The van der Waals surface area contributed by atoms with Crippen molar-refractivity contribution in [3.63, 3.8) is 0 Å². The number of carbonyl (C=O) groups is 2. The van der Waals surface area contributed by atoms with Gasteiger partial charge in [0.2, 0.25) is 0 Å². The van der Waals surface area contributed by atoms with Crippen molar-refractivity contribution in [3.05, 3.63) is 40.0 Å². The van der Waals surface area contributed by atoms with Crippen LogP contribution >= 0.6 is 23.2 Å². The van der Waals surface area contributed by atoms with E-state index in [0.29, 0.717) is 15.7 Å². The van der Waals surface area contributed by atoms with E-state index in [1.165, 1.54) is 20.0 Å². The maximum atomic E-state index is 11.7. The molecule has 1 aromatic rings. The Morgan fingerprint density at radius 1 is 1.10 bits per heavy atom. The largest absolute Gasteiger partial charge is 0.419 e. The first-order valence-corrected chi connectivity index (χ1v) is 6.42. The monoisotopic (exact) mass is 315 g/mol. The number of benzene rings is 1. The Morgan fingerprint density at radius 2 is 1.70 bits per heavy atom. The van der Waals surface area contributed by atoms with Crippen molar-refractivity contribution in [2.24, 2.45) is 0 Å². The van der Waals surface area contributed by atoms with Gasteiger partial charge in [0, 0.05) is 25.7 Å². The van der Waals surface area contributed by atoms with Crippen LogP contribution in [0.1, 0.15) is 13.8 Å². The van der Waals surface area contributed by atoms with Gasteiger partial charge in [0.05, 0.1) is 10.0 Å². The second-order valence-corrected chi connectivity index (χ2v) is 5.32. The highest BCUT2D eigenvalue weighted by atomic mass is 35.5. The maximum absolute atomic E-state index is 11.7. The second kappa shape index (κ2) is 5.34. The van der Waals surface area contributed by atoms with E-state index in [2.05, 4.69) is 5.32 Å². The summed E-state index contributed by atoms with van der Waals surface area (Å²) >= 11 is 11.6. The first-order valence-electron chi connectivity index (χ1n) is 5.67. The number of cyclic esters (lactones) is 2. The molecule has 5 nitrogen and oxygen atoms in total. The van der Waals surface area contributed by atoms with Crippen LogP contribution in [0.2, 0.25) is 10.0 Å². The van der Waals surface area contributed by atoms with Gasteiger partial charge in [-0.05, 0) is 18.2 Å². The minimum atomic E-state index is -1.25. The molecule has 1 aromatic carbocycles. The molecule has 0 atom stereocenters. The number of hydrogen-bond donors (Lipinski definition) is 1. The van der Waals surface area contributed by atoms with E-state index in [-0.39, 0.29) is 5.57 Å². The summed E-state index contributed by atoms with van der Waals surface area (Å²) in [6.45, 7) is 2.96. The zero-order valence-electron chi connectivity index (χ0n) is 10.7. The van der Waals surface area contributed by atoms with E-state index in [1.54, 1.807) is 18.2 Å². The number of halogens is 2. The third-order valence-corrected chi connectivity index (χ3v) is 3.16. The van der Waals surface area contributed by atoms with Crippen molar-refractivity contribution in [2.75, 3.05) is 5.32 Å². The summed E-state index contributed by atoms with van der Waals surface area (Å²) in [5.41, 5.74) is 0.340. The van der Waals surface area contributed by atoms with Crippen LogP contribution in [0.5, 0.6) is 0 Å². The van der Waals surface area contributed by atoms with E-state index in [9.17, 15) is 9.59 Å². The molecule has 1 aliphatic heterocycles. The van der Waals surface area contributed by atoms with Crippen LogP contribution in [0.25, 0.3) is 0 Å². The van der Waals surface area contributed by atoms with Crippen molar-refractivity contribution < 1.29 is 19.1 Å². The molecule has 0 bridgehead atoms. The van der Waals surface area contributed by atoms with E-state index in [0.717, 1.165) is 0 Å². The van der Waals surface area contributed by atoms with Gasteiger partial charge in [0.15, 0.2) is 5.57 Å². The standard InChI is InChI=1S/C13H11Cl2NO4/c1-13(2)19-11(17)8(12(18)20-13)6-16-7-3-4-9(14)10(15)5-7/h3-6,16H,1-2H3. The van der Waals surface area contributed by atoms with Crippen LogP contribution in [0, 0.1) is 0 Å². The van der Waals surface area contributed by atoms with Crippen molar-refractivity contribution in [2.45, 2.75) is 19.6 Å². The molecule has 1 saturated heterocycles. The summed E-state index contributed by atoms with van der Waals surface area (Å²) in [5.74, 6) is -2.76. The van der Waals surface area contributed by atoms with E-state index >= 15 is 0 Å². The smallest absolute Gasteiger partial charge is 0.350 e. The number of rotatable bonds is 2. The van der Waals surface area contributed by atoms with E-state index < -0.39 is 17.7 Å². The van der Waals surface area contributed by atoms with Crippen molar-refractivity contribution in [3.8, 4) is 0 Å². The van der Waals surface area contributed by atoms with Gasteiger partial charge in [-0.2, -0.15) is 0 Å². The van der Waals surface area contributed by atoms with Gasteiger partial charge in [-0.25, -0.2) is 9.59 Å². The molecule has 7 heteroatoms. The van der Waals surface area contributed by atoms with Crippen LogP contribution in [0.4, 0.5) is 5.69 Å². The number of nitrogens with one attached hydrogen (secondary N) is 1. The fourth-order valence-corrected chi connectivity index (χ4v) is 1.82. The minimum Gasteiger partial charge on any atom is -0.419 e. The Balaban J connectivity index is 2.17. The highest BCUT2D eigenvalue weighted by Gasteiger charge is 2.38. The zero-order chi connectivity index (χ0) is 14.9. The van der Waals surface area contributed by atoms with E-state index in [1.807, 2.05) is 0 Å². The molecule has 0 unspecified atom stereocenters. The number of hydrogen-bond acceptors (Lipinski definition) is 5. The van der Waals surface area contributed by atoms with Gasteiger partial charge in [0.25, 0.3) is 5.79 Å². The molecule has 1 heterocycles. The average Bonchev–Trinajstić information content (AvgIpc) is 2.31. The lowest BCUT2D eigenvalue weighted by Gasteiger charge is -2.29. The molecule has 1 N–H and O–H groups in total. The predicted octanol–water partition coefficient (Wildman–Crippen LogP) is 3.13. The van der Waals surface area contributed by atoms with E-state index in [4.69, 9.17) is 32.7 Å². The lowest BCUT2D eigenvalue weighted by atomic mass is 10.2. The Kier molecular flexibility index (Phi) is 3.92. The molecular formula is C13H11Cl2NO4. The fraction of sp³-hybridized carbons (Fsp3) is 0.231. The molecule has 0 saturated carbocycles. The summed E-state index contributed by atoms with van der Waals surface area (Å²) in [5, 5.41) is 3.52. The molecule has 1 fully saturated rings. The molecule has 0 spiro atoms. The normalized spacial score (nSPS) is 17.3. The first-order chi connectivity index (χ1) is 9.28. The molecule has 0 radical (unpaired) electrons. The highest BCUT2D eigenvalue weighted by molar-refractivity contribution is 6.42. The zero-order valence-corrected chi connectivity index (χ0v) is 12.2. The molecule has 1 aliphatic rings. The molecular weight excluding hydrogens is 305 g/mol. The number of esters is 2. The summed E-state index contributed by atoms with van der Waals surface area (Å²) in [7, 11) is 0. The highest BCUT2D eigenvalue weighted by Crippen LogP contribution is 2.26. The van der Waals surface area contributed by atoms with Crippen LogP contribution in [0.15, 0.2) is 30.0 Å². The number of carbonyl (C=O) groups excluding carboxylic acids is 2. The lowest BCUT2D eigenvalue weighted by molar-refractivity contribution is -0.222. The fourth-order valence-electron chi connectivity index (χ4n) is 1.52. The molecule has 2 rings (SSSR count). The number of ether oxygens (including phenoxy) is 2. The maximum Gasteiger partial charge on any atom is 0.350 e. The predicted molar refractivity (Wildman–Crippen MR) is 74.4 cm³/mol. The molecule has 0 aliphatic carbocycles.